The van der Waals surface area contributed by atoms with Gasteiger partial charge in [-0.25, -0.2) is 19.1 Å². The van der Waals surface area contributed by atoms with Gasteiger partial charge in [-0.2, -0.15) is 4.98 Å². The lowest BCUT2D eigenvalue weighted by atomic mass is 10.3. The molecule has 0 bridgehead atoms. The van der Waals surface area contributed by atoms with E-state index >= 15 is 0 Å². The Morgan fingerprint density at radius 2 is 1.97 bits per heavy atom. The Balaban J connectivity index is 1.37. The number of rotatable bonds is 9. The molecule has 190 valence electrons. The molecule has 1 aromatic heterocycles. The van der Waals surface area contributed by atoms with Crippen LogP contribution in [0.1, 0.15) is 6.42 Å². The van der Waals surface area contributed by atoms with Gasteiger partial charge in [0, 0.05) is 56.7 Å². The maximum absolute atomic E-state index is 14.6. The van der Waals surface area contributed by atoms with Crippen LogP contribution < -0.4 is 15.0 Å². The van der Waals surface area contributed by atoms with Crippen molar-refractivity contribution in [2.75, 3.05) is 56.6 Å². The van der Waals surface area contributed by atoms with E-state index in [-0.39, 0.29) is 28.2 Å². The first kappa shape index (κ1) is 25.6. The SMILES string of the molecule is CN1CCN(CCCOc2ccc(Nc3nccc(N(C(=O)O)c4ccccc4Cl)n3)cc2F)CC1. The molecule has 1 aliphatic rings. The third-order valence-corrected chi connectivity index (χ3v) is 6.13. The summed E-state index contributed by atoms with van der Waals surface area (Å²) in [6.45, 7) is 5.54. The fourth-order valence-corrected chi connectivity index (χ4v) is 4.08. The van der Waals surface area contributed by atoms with Crippen LogP contribution in [0.3, 0.4) is 0 Å². The van der Waals surface area contributed by atoms with Gasteiger partial charge in [0.05, 0.1) is 17.3 Å². The molecule has 0 radical (unpaired) electrons. The van der Waals surface area contributed by atoms with Gasteiger partial charge in [-0.3, -0.25) is 0 Å². The molecule has 0 saturated carbocycles. The number of benzene rings is 2. The van der Waals surface area contributed by atoms with Gasteiger partial charge in [0.25, 0.3) is 0 Å². The van der Waals surface area contributed by atoms with E-state index in [9.17, 15) is 14.3 Å². The van der Waals surface area contributed by atoms with Gasteiger partial charge in [0.2, 0.25) is 5.95 Å². The lowest BCUT2D eigenvalue weighted by Gasteiger charge is -2.32. The molecule has 36 heavy (non-hydrogen) atoms. The van der Waals surface area contributed by atoms with Crippen molar-refractivity contribution in [2.24, 2.45) is 0 Å². The zero-order valence-corrected chi connectivity index (χ0v) is 20.7. The minimum absolute atomic E-state index is 0.0916. The van der Waals surface area contributed by atoms with Gasteiger partial charge in [0.15, 0.2) is 11.6 Å². The summed E-state index contributed by atoms with van der Waals surface area (Å²) in [5, 5.41) is 12.9. The monoisotopic (exact) mass is 514 g/mol. The number of nitrogens with one attached hydrogen (secondary N) is 1. The number of amides is 1. The first-order chi connectivity index (χ1) is 17.4. The van der Waals surface area contributed by atoms with Crippen LogP contribution in [0, 0.1) is 5.82 Å². The third-order valence-electron chi connectivity index (χ3n) is 5.81. The molecule has 2 aromatic carbocycles. The Labute approximate surface area is 214 Å². The molecule has 1 amide bonds. The number of hydrogen-bond acceptors (Lipinski definition) is 7. The summed E-state index contributed by atoms with van der Waals surface area (Å²) < 4.78 is 20.3. The molecule has 9 nitrogen and oxygen atoms in total. The number of nitrogens with zero attached hydrogens (tertiary/aromatic N) is 5. The summed E-state index contributed by atoms with van der Waals surface area (Å²) in [5.74, 6) is -0.150. The second-order valence-electron chi connectivity index (χ2n) is 8.42. The predicted octanol–water partition coefficient (Wildman–Crippen LogP) is 4.85. The van der Waals surface area contributed by atoms with E-state index in [1.165, 1.54) is 18.3 Å². The molecule has 4 rings (SSSR count). The van der Waals surface area contributed by atoms with E-state index in [2.05, 4.69) is 32.1 Å². The number of piperazine rings is 1. The Morgan fingerprint density at radius 1 is 1.19 bits per heavy atom. The molecule has 0 aliphatic carbocycles. The lowest BCUT2D eigenvalue weighted by molar-refractivity contribution is 0.145. The summed E-state index contributed by atoms with van der Waals surface area (Å²) in [4.78, 5) is 26.0. The highest BCUT2D eigenvalue weighted by Gasteiger charge is 2.21. The third kappa shape index (κ3) is 6.60. The first-order valence-corrected chi connectivity index (χ1v) is 12.0. The summed E-state index contributed by atoms with van der Waals surface area (Å²) in [6.07, 6.45) is 0.967. The highest BCUT2D eigenvalue weighted by Crippen LogP contribution is 2.31. The highest BCUT2D eigenvalue weighted by atomic mass is 35.5. The van der Waals surface area contributed by atoms with Crippen molar-refractivity contribution in [3.05, 3.63) is 65.6 Å². The zero-order chi connectivity index (χ0) is 25.5. The number of halogens is 2. The van der Waals surface area contributed by atoms with Crippen molar-refractivity contribution in [3.8, 4) is 5.75 Å². The molecule has 2 heterocycles. The van der Waals surface area contributed by atoms with Crippen LogP contribution in [0.25, 0.3) is 0 Å². The van der Waals surface area contributed by atoms with Gasteiger partial charge < -0.3 is 25.0 Å². The Kier molecular flexibility index (Phi) is 8.52. The van der Waals surface area contributed by atoms with Crippen LogP contribution in [-0.2, 0) is 0 Å². The topological polar surface area (TPSA) is 94.1 Å². The number of carboxylic acid groups (broad SMARTS) is 1. The molecular formula is C25H28ClFN6O3. The van der Waals surface area contributed by atoms with E-state index in [0.717, 1.165) is 44.0 Å². The number of para-hydroxylation sites is 1. The van der Waals surface area contributed by atoms with Gasteiger partial charge in [0.1, 0.15) is 5.82 Å². The molecule has 11 heteroatoms. The first-order valence-electron chi connectivity index (χ1n) is 11.6. The van der Waals surface area contributed by atoms with Crippen molar-refractivity contribution in [3.63, 3.8) is 0 Å². The maximum atomic E-state index is 14.6. The summed E-state index contributed by atoms with van der Waals surface area (Å²) in [6, 6.07) is 12.5. The van der Waals surface area contributed by atoms with Crippen LogP contribution >= 0.6 is 11.6 Å². The quantitative estimate of drug-likeness (QED) is 0.392. The molecule has 0 unspecified atom stereocenters. The van der Waals surface area contributed by atoms with Crippen LogP contribution in [0.2, 0.25) is 5.02 Å². The maximum Gasteiger partial charge on any atom is 0.417 e. The van der Waals surface area contributed by atoms with Crippen molar-refractivity contribution >= 4 is 40.8 Å². The fourth-order valence-electron chi connectivity index (χ4n) is 3.86. The van der Waals surface area contributed by atoms with Crippen molar-refractivity contribution in [2.45, 2.75) is 6.42 Å². The van der Waals surface area contributed by atoms with Gasteiger partial charge in [-0.1, -0.05) is 23.7 Å². The number of carbonyl (C=O) groups is 1. The largest absolute Gasteiger partial charge is 0.490 e. The fraction of sp³-hybridized carbons (Fsp3) is 0.320. The predicted molar refractivity (Wildman–Crippen MR) is 137 cm³/mol. The van der Waals surface area contributed by atoms with E-state index in [1.807, 2.05) is 0 Å². The average molecular weight is 515 g/mol. The number of ether oxygens (including phenoxy) is 1. The molecule has 1 fully saturated rings. The molecule has 1 saturated heterocycles. The minimum Gasteiger partial charge on any atom is -0.490 e. The van der Waals surface area contributed by atoms with Crippen molar-refractivity contribution < 1.29 is 19.0 Å². The molecular weight excluding hydrogens is 487 g/mol. The Morgan fingerprint density at radius 3 is 2.69 bits per heavy atom. The van der Waals surface area contributed by atoms with Crippen LogP contribution in [0.5, 0.6) is 5.75 Å². The Bertz CT molecular complexity index is 1190. The minimum atomic E-state index is -1.26. The standard InChI is InChI=1S/C25H28ClFN6O3/c1-31-12-14-32(15-13-31)11-4-16-36-22-8-7-18(17-20(22)27)29-24-28-10-9-23(30-24)33(25(34)35)21-6-3-2-5-19(21)26/h2-3,5-10,17H,4,11-16H2,1H3,(H,34,35)(H,28,29,30). The second-order valence-corrected chi connectivity index (χ2v) is 8.83. The Hall–Kier alpha value is -3.47. The average Bonchev–Trinajstić information content (AvgIpc) is 2.85. The van der Waals surface area contributed by atoms with E-state index in [4.69, 9.17) is 16.3 Å². The van der Waals surface area contributed by atoms with Crippen molar-refractivity contribution in [1.82, 2.24) is 19.8 Å². The van der Waals surface area contributed by atoms with Gasteiger partial charge in [-0.15, -0.1) is 0 Å². The van der Waals surface area contributed by atoms with Gasteiger partial charge >= 0.3 is 6.09 Å². The zero-order valence-electron chi connectivity index (χ0n) is 19.9. The van der Waals surface area contributed by atoms with Crippen LogP contribution in [0.4, 0.5) is 32.3 Å². The second kappa shape index (κ2) is 12.0. The molecule has 0 atom stereocenters. The van der Waals surface area contributed by atoms with Crippen molar-refractivity contribution in [1.29, 1.82) is 0 Å². The molecule has 0 spiro atoms. The number of likely N-dealkylation sites (N-methyl/N-ethyl adjacent to an activating group) is 1. The number of hydrogen-bond donors (Lipinski definition) is 2. The molecule has 3 aromatic rings. The molecule has 2 N–H and O–H groups in total. The summed E-state index contributed by atoms with van der Waals surface area (Å²) in [5.41, 5.74) is 0.658. The number of anilines is 4. The summed E-state index contributed by atoms with van der Waals surface area (Å²) >= 11 is 6.18. The van der Waals surface area contributed by atoms with E-state index in [1.54, 1.807) is 36.4 Å². The van der Waals surface area contributed by atoms with Crippen LogP contribution in [0.15, 0.2) is 54.7 Å². The van der Waals surface area contributed by atoms with Gasteiger partial charge in [-0.05, 0) is 37.7 Å². The highest BCUT2D eigenvalue weighted by molar-refractivity contribution is 6.34. The van der Waals surface area contributed by atoms with Crippen LogP contribution in [-0.4, -0.2) is 77.3 Å². The number of aromatic nitrogens is 2. The van der Waals surface area contributed by atoms with E-state index < -0.39 is 11.9 Å². The smallest absolute Gasteiger partial charge is 0.417 e. The lowest BCUT2D eigenvalue weighted by Crippen LogP contribution is -2.44. The molecule has 1 aliphatic heterocycles. The normalized spacial score (nSPS) is 14.4. The summed E-state index contributed by atoms with van der Waals surface area (Å²) in [7, 11) is 2.12. The van der Waals surface area contributed by atoms with E-state index in [0.29, 0.717) is 12.3 Å².